The zero-order chi connectivity index (χ0) is 44.0. The summed E-state index contributed by atoms with van der Waals surface area (Å²) < 4.78 is 52.5. The van der Waals surface area contributed by atoms with Crippen LogP contribution in [0.4, 0.5) is 11.4 Å². The molecule has 0 saturated heterocycles. The molecule has 0 aliphatic carbocycles. The number of methoxy groups -OCH3 is 2. The van der Waals surface area contributed by atoms with E-state index in [0.29, 0.717) is 13.1 Å². The van der Waals surface area contributed by atoms with Crippen molar-refractivity contribution >= 4 is 51.2 Å². The second kappa shape index (κ2) is 23.4. The Balaban J connectivity index is 0.00000436. The van der Waals surface area contributed by atoms with Gasteiger partial charge in [0, 0.05) is 51.5 Å². The Labute approximate surface area is 458 Å². The third-order valence-corrected chi connectivity index (χ3v) is 12.4. The zero-order valence-corrected chi connectivity index (χ0v) is 44.6. The van der Waals surface area contributed by atoms with Crippen LogP contribution < -0.4 is 113 Å². The van der Waals surface area contributed by atoms with Crippen molar-refractivity contribution in [3.8, 4) is 0 Å². The summed E-state index contributed by atoms with van der Waals surface area (Å²) in [5, 5.41) is 14.1. The Kier molecular flexibility index (Phi) is 19.8. The SMILES string of the molecule is COC(=O)Cc1ccc(CN2/C(=C/C=C/C=C/C=C/C3=[N+](Cc4ccc(CC(=O)OC)cc4)c4ccc(SOO[O-])cc4C3(C)C)C(C)(C)c3cc(S(=O)(=O)[O-])ccc32)cc1.[K+].[K+]. The van der Waals surface area contributed by atoms with Gasteiger partial charge in [0.05, 0.1) is 49.4 Å². The molecule has 2 aliphatic rings. The fraction of sp³-hybridized carbons (Fsp3) is 0.255. The van der Waals surface area contributed by atoms with Crippen LogP contribution in [-0.4, -0.2) is 49.4 Å². The molecule has 12 nitrogen and oxygen atoms in total. The molecule has 2 aliphatic heterocycles. The smallest absolute Gasteiger partial charge is 0.744 e. The van der Waals surface area contributed by atoms with Gasteiger partial charge < -0.3 is 24.2 Å². The number of benzene rings is 4. The second-order valence-electron chi connectivity index (χ2n) is 15.7. The number of hydrogen-bond donors (Lipinski definition) is 0. The minimum Gasteiger partial charge on any atom is -0.744 e. The number of rotatable bonds is 16. The quantitative estimate of drug-likeness (QED) is 0.0233. The molecule has 0 unspecified atom stereocenters. The van der Waals surface area contributed by atoms with Crippen molar-refractivity contribution < 1.29 is 154 Å². The van der Waals surface area contributed by atoms with Crippen LogP contribution in [0, 0.1) is 0 Å². The van der Waals surface area contributed by atoms with Gasteiger partial charge in [0.2, 0.25) is 5.69 Å². The molecule has 2 heterocycles. The summed E-state index contributed by atoms with van der Waals surface area (Å²) in [4.78, 5) is 26.2. The predicted molar refractivity (Wildman–Crippen MR) is 230 cm³/mol. The number of carbonyl (C=O) groups is 2. The minimum absolute atomic E-state index is 0. The van der Waals surface area contributed by atoms with Gasteiger partial charge in [-0.25, -0.2) is 8.42 Å². The molecule has 0 atom stereocenters. The maximum Gasteiger partial charge on any atom is 1.00 e. The van der Waals surface area contributed by atoms with E-state index in [1.54, 1.807) is 6.07 Å². The van der Waals surface area contributed by atoms with Crippen LogP contribution in [0.2, 0.25) is 0 Å². The first kappa shape index (κ1) is 53.3. The molecule has 318 valence electrons. The van der Waals surface area contributed by atoms with Crippen molar-refractivity contribution in [2.75, 3.05) is 19.1 Å². The van der Waals surface area contributed by atoms with E-state index in [1.807, 2.05) is 117 Å². The number of esters is 2. The van der Waals surface area contributed by atoms with Crippen LogP contribution in [-0.2, 0) is 75.3 Å². The first-order chi connectivity index (χ1) is 29.1. The number of ether oxygens (including phenoxy) is 2. The van der Waals surface area contributed by atoms with Gasteiger partial charge >= 0.3 is 115 Å². The number of allylic oxidation sites excluding steroid dienone is 8. The van der Waals surface area contributed by atoms with Gasteiger partial charge in [0.1, 0.15) is 10.1 Å². The van der Waals surface area contributed by atoms with Gasteiger partial charge in [-0.2, -0.15) is 8.91 Å². The first-order valence-corrected chi connectivity index (χ1v) is 21.5. The van der Waals surface area contributed by atoms with Gasteiger partial charge in [-0.3, -0.25) is 14.6 Å². The fourth-order valence-corrected chi connectivity index (χ4v) is 8.66. The van der Waals surface area contributed by atoms with Crippen LogP contribution >= 0.6 is 12.0 Å². The molecule has 0 fully saturated rings. The normalized spacial score (nSPS) is 15.7. The summed E-state index contributed by atoms with van der Waals surface area (Å²) in [5.41, 5.74) is 8.14. The second-order valence-corrected chi connectivity index (χ2v) is 17.8. The van der Waals surface area contributed by atoms with Crippen LogP contribution in [0.5, 0.6) is 0 Å². The summed E-state index contributed by atoms with van der Waals surface area (Å²) in [7, 11) is -1.94. The molecule has 0 saturated carbocycles. The van der Waals surface area contributed by atoms with Crippen LogP contribution in [0.15, 0.2) is 143 Å². The summed E-state index contributed by atoms with van der Waals surface area (Å²) in [5.74, 6) is -0.626. The topological polar surface area (TPSA) is 158 Å². The maximum atomic E-state index is 12.0. The Morgan fingerprint density at radius 1 is 0.730 bits per heavy atom. The number of fused-ring (bicyclic) bond motifs is 2. The van der Waals surface area contributed by atoms with Gasteiger partial charge in [0.15, 0.2) is 12.3 Å². The predicted octanol–water partition coefficient (Wildman–Crippen LogP) is 1.39. The monoisotopic (exact) mass is 941 g/mol. The van der Waals surface area contributed by atoms with Crippen LogP contribution in [0.3, 0.4) is 0 Å². The zero-order valence-electron chi connectivity index (χ0n) is 36.7. The van der Waals surface area contributed by atoms with Gasteiger partial charge in [-0.05, 0) is 72.5 Å². The van der Waals surface area contributed by atoms with E-state index >= 15 is 0 Å². The molecule has 6 rings (SSSR count). The molecular formula is C47H47K2N2O10S2+. The van der Waals surface area contributed by atoms with E-state index in [1.165, 1.54) is 26.4 Å². The van der Waals surface area contributed by atoms with Crippen molar-refractivity contribution in [3.05, 3.63) is 167 Å². The van der Waals surface area contributed by atoms with E-state index in [9.17, 15) is 27.8 Å². The number of nitrogens with zero attached hydrogens (tertiary/aromatic N) is 2. The molecule has 0 aromatic heterocycles. The van der Waals surface area contributed by atoms with Crippen molar-refractivity contribution in [1.29, 1.82) is 0 Å². The Morgan fingerprint density at radius 2 is 1.30 bits per heavy atom. The van der Waals surface area contributed by atoms with E-state index in [-0.39, 0.29) is 132 Å². The van der Waals surface area contributed by atoms with Crippen molar-refractivity contribution in [1.82, 2.24) is 0 Å². The molecule has 0 amide bonds. The fourth-order valence-electron chi connectivity index (χ4n) is 7.76. The molecule has 0 radical (unpaired) electrons. The minimum atomic E-state index is -4.67. The summed E-state index contributed by atoms with van der Waals surface area (Å²) in [6, 6.07) is 25.9. The van der Waals surface area contributed by atoms with Crippen molar-refractivity contribution in [3.63, 3.8) is 0 Å². The van der Waals surface area contributed by atoms with Gasteiger partial charge in [-0.15, -0.1) is 0 Å². The first-order valence-electron chi connectivity index (χ1n) is 19.4. The summed E-state index contributed by atoms with van der Waals surface area (Å²) in [6.45, 7) is 9.29. The average Bonchev–Trinajstić information content (AvgIpc) is 3.57. The van der Waals surface area contributed by atoms with E-state index in [0.717, 1.165) is 73.1 Å². The standard InChI is InChI=1S/C47H48N2O10S2.2K/c1-46(2)38-28-36(60-59-58-52)22-24-40(38)48(30-34-18-14-32(15-19-34)26-44(50)56-5)42(46)12-10-8-7-9-11-13-43-47(3,4)39-29-37(61(53,54)55)23-25-41(39)49(43)31-35-20-16-33(17-21-35)27-45(51)57-6;;/h7-25,28-29H,26-27,30-31H2,1-6H3,(H-,52,53,54,55);;/q;2*+1/p-1. The van der Waals surface area contributed by atoms with Crippen molar-refractivity contribution in [2.24, 2.45) is 0 Å². The molecule has 0 bridgehead atoms. The molecule has 16 heteroatoms. The van der Waals surface area contributed by atoms with E-state index in [4.69, 9.17) is 9.47 Å². The van der Waals surface area contributed by atoms with E-state index in [2.05, 4.69) is 38.8 Å². The number of anilines is 1. The molecule has 4 aromatic carbocycles. The maximum absolute atomic E-state index is 12.0. The summed E-state index contributed by atoms with van der Waals surface area (Å²) >= 11 is 0.845. The third kappa shape index (κ3) is 13.0. The summed E-state index contributed by atoms with van der Waals surface area (Å²) in [6.07, 6.45) is 14.1. The number of hydrogen-bond acceptors (Lipinski definition) is 12. The Bertz CT molecular complexity index is 2570. The Hall–Kier alpha value is -2.34. The van der Waals surface area contributed by atoms with Crippen molar-refractivity contribution in [2.45, 2.75) is 74.2 Å². The molecular weight excluding hydrogens is 895 g/mol. The van der Waals surface area contributed by atoms with Crippen LogP contribution in [0.1, 0.15) is 61.1 Å². The van der Waals surface area contributed by atoms with Crippen LogP contribution in [0.25, 0.3) is 0 Å². The van der Waals surface area contributed by atoms with Gasteiger partial charge in [0.25, 0.3) is 0 Å². The molecule has 0 spiro atoms. The third-order valence-electron chi connectivity index (χ3n) is 11.0. The van der Waals surface area contributed by atoms with Gasteiger partial charge in [-0.1, -0.05) is 92.8 Å². The average molecular weight is 942 g/mol. The number of carbonyl (C=O) groups excluding carboxylic acids is 2. The van der Waals surface area contributed by atoms with E-state index < -0.39 is 20.9 Å². The largest absolute Gasteiger partial charge is 1.00 e. The molecule has 63 heavy (non-hydrogen) atoms. The Morgan fingerprint density at radius 3 is 1.89 bits per heavy atom. The molecule has 0 N–H and O–H groups in total. The molecule has 4 aromatic rings.